The molecule has 0 atom stereocenters. The molecule has 3 rings (SSSR count). The number of hydrogen-bond acceptors (Lipinski definition) is 10. The van der Waals surface area contributed by atoms with Crippen LogP contribution in [-0.4, -0.2) is 44.0 Å². The smallest absolute Gasteiger partial charge is 0.223 e. The Bertz CT molecular complexity index is 1370. The number of rotatable bonds is 10. The summed E-state index contributed by atoms with van der Waals surface area (Å²) in [6.45, 7) is 1.38. The summed E-state index contributed by atoms with van der Waals surface area (Å²) in [5.74, 6) is -0.262. The zero-order chi connectivity index (χ0) is 27.2. The molecule has 0 fully saturated rings. The number of aromatic nitrogens is 1. The second kappa shape index (κ2) is 11.7. The molecule has 0 spiro atoms. The van der Waals surface area contributed by atoms with Crippen LogP contribution in [0.2, 0.25) is 0 Å². The molecule has 2 aromatic carbocycles. The standard InChI is InChI=1S/C23H25N5O7S2/c1-13(29)24-21-26-18(19(36-21)15-6-10-17(11-7-15)37(2,34)35)12-5-14-3-8-16(9-4-14)25-20(27-22(30)31)28-23(32)33/h3-4,6-11,20,25,27-28H,5,12H2,1-2H3,(H,30,31)(H,32,33)(H,24,26,29)/p-2. The predicted molar refractivity (Wildman–Crippen MR) is 133 cm³/mol. The van der Waals surface area contributed by atoms with Crippen LogP contribution in [0.3, 0.4) is 0 Å². The fraction of sp³-hybridized carbons (Fsp3) is 0.217. The number of thiazole rings is 1. The zero-order valence-electron chi connectivity index (χ0n) is 19.7. The van der Waals surface area contributed by atoms with Gasteiger partial charge in [-0.05, 0) is 48.2 Å². The highest BCUT2D eigenvalue weighted by molar-refractivity contribution is 7.90. The molecule has 3 amide bonds. The van der Waals surface area contributed by atoms with Crippen LogP contribution >= 0.6 is 11.3 Å². The quantitative estimate of drug-likeness (QED) is 0.263. The van der Waals surface area contributed by atoms with Gasteiger partial charge in [-0.15, -0.1) is 0 Å². The van der Waals surface area contributed by atoms with Gasteiger partial charge < -0.3 is 41.1 Å². The minimum atomic E-state index is -3.34. The molecule has 0 aliphatic rings. The number of amides is 3. The maximum Gasteiger partial charge on any atom is 0.223 e. The SMILES string of the molecule is CC(=O)Nc1nc(CCc2ccc(NC(NC(=O)[O-])NC(=O)[O-])cc2)c(-c2ccc(S(C)(=O)=O)cc2)s1. The van der Waals surface area contributed by atoms with Gasteiger partial charge in [0.25, 0.3) is 0 Å². The van der Waals surface area contributed by atoms with E-state index in [9.17, 15) is 33.0 Å². The van der Waals surface area contributed by atoms with Crippen LogP contribution < -0.4 is 31.5 Å². The van der Waals surface area contributed by atoms with Gasteiger partial charge in [-0.25, -0.2) is 13.4 Å². The summed E-state index contributed by atoms with van der Waals surface area (Å²) in [7, 11) is -3.34. The second-order valence-electron chi connectivity index (χ2n) is 7.91. The van der Waals surface area contributed by atoms with Gasteiger partial charge in [0.15, 0.2) is 21.3 Å². The van der Waals surface area contributed by atoms with Crippen molar-refractivity contribution in [3.63, 3.8) is 0 Å². The van der Waals surface area contributed by atoms with Gasteiger partial charge in [0.1, 0.15) is 12.2 Å². The van der Waals surface area contributed by atoms with Crippen molar-refractivity contribution >= 4 is 50.1 Å². The Labute approximate surface area is 216 Å². The van der Waals surface area contributed by atoms with Crippen molar-refractivity contribution in [2.45, 2.75) is 31.0 Å². The largest absolute Gasteiger partial charge is 0.530 e. The molecular weight excluding hydrogens is 522 g/mol. The highest BCUT2D eigenvalue weighted by Crippen LogP contribution is 2.34. The van der Waals surface area contributed by atoms with Gasteiger partial charge in [-0.3, -0.25) is 4.79 Å². The number of benzene rings is 2. The van der Waals surface area contributed by atoms with Crippen LogP contribution in [0.25, 0.3) is 10.4 Å². The first-order valence-electron chi connectivity index (χ1n) is 10.8. The lowest BCUT2D eigenvalue weighted by atomic mass is 10.1. The number of carboxylic acid groups (broad SMARTS) is 2. The summed E-state index contributed by atoms with van der Waals surface area (Å²) < 4.78 is 23.6. The number of aryl methyl sites for hydroxylation is 2. The molecule has 1 heterocycles. The van der Waals surface area contributed by atoms with Crippen LogP contribution in [0.15, 0.2) is 53.4 Å². The van der Waals surface area contributed by atoms with Crippen LogP contribution in [0, 0.1) is 0 Å². The number of nitrogens with zero attached hydrogens (tertiary/aromatic N) is 1. The van der Waals surface area contributed by atoms with Crippen molar-refractivity contribution in [3.8, 4) is 10.4 Å². The molecule has 0 aliphatic carbocycles. The summed E-state index contributed by atoms with van der Waals surface area (Å²) in [4.78, 5) is 38.5. The number of carbonyl (C=O) groups excluding carboxylic acids is 3. The summed E-state index contributed by atoms with van der Waals surface area (Å²) in [5, 5.41) is 31.0. The molecule has 3 aromatic rings. The van der Waals surface area contributed by atoms with Crippen LogP contribution in [0.4, 0.5) is 20.4 Å². The van der Waals surface area contributed by atoms with Crippen LogP contribution in [-0.2, 0) is 27.5 Å². The summed E-state index contributed by atoms with van der Waals surface area (Å²) in [5.41, 5.74) is 2.84. The molecule has 1 aromatic heterocycles. The Kier molecular flexibility index (Phi) is 8.68. The molecule has 37 heavy (non-hydrogen) atoms. The average Bonchev–Trinajstić information content (AvgIpc) is 3.19. The molecule has 0 radical (unpaired) electrons. The van der Waals surface area contributed by atoms with Gasteiger partial charge >= 0.3 is 0 Å². The van der Waals surface area contributed by atoms with E-state index < -0.39 is 28.3 Å². The first kappa shape index (κ1) is 27.4. The van der Waals surface area contributed by atoms with E-state index in [0.717, 1.165) is 28.0 Å². The number of sulfone groups is 1. The minimum Gasteiger partial charge on any atom is -0.530 e. The fourth-order valence-electron chi connectivity index (χ4n) is 3.35. The van der Waals surface area contributed by atoms with Crippen LogP contribution in [0.1, 0.15) is 18.2 Å². The Morgan fingerprint density at radius 3 is 2.05 bits per heavy atom. The lowest BCUT2D eigenvalue weighted by Crippen LogP contribution is -2.58. The van der Waals surface area contributed by atoms with Gasteiger partial charge in [0.05, 0.1) is 15.5 Å². The first-order chi connectivity index (χ1) is 17.4. The average molecular weight is 546 g/mol. The first-order valence-corrected chi connectivity index (χ1v) is 13.5. The minimum absolute atomic E-state index is 0.199. The lowest BCUT2D eigenvalue weighted by Gasteiger charge is -2.24. The van der Waals surface area contributed by atoms with Gasteiger partial charge in [0.2, 0.25) is 5.91 Å². The summed E-state index contributed by atoms with van der Waals surface area (Å²) in [6, 6.07) is 13.3. The molecule has 0 saturated heterocycles. The van der Waals surface area contributed by atoms with Crippen molar-refractivity contribution in [1.82, 2.24) is 15.6 Å². The lowest BCUT2D eigenvalue weighted by molar-refractivity contribution is -0.255. The van der Waals surface area contributed by atoms with E-state index in [1.165, 1.54) is 30.4 Å². The van der Waals surface area contributed by atoms with Crippen molar-refractivity contribution in [3.05, 3.63) is 59.8 Å². The number of carbonyl (C=O) groups is 3. The van der Waals surface area contributed by atoms with Crippen LogP contribution in [0.5, 0.6) is 0 Å². The second-order valence-corrected chi connectivity index (χ2v) is 10.9. The third-order valence-electron chi connectivity index (χ3n) is 4.96. The van der Waals surface area contributed by atoms with Crippen molar-refractivity contribution in [2.75, 3.05) is 16.9 Å². The van der Waals surface area contributed by atoms with E-state index in [1.807, 2.05) is 10.6 Å². The van der Waals surface area contributed by atoms with E-state index in [2.05, 4.69) is 15.6 Å². The molecule has 0 bridgehead atoms. The number of anilines is 2. The maximum absolute atomic E-state index is 11.8. The molecule has 196 valence electrons. The van der Waals surface area contributed by atoms with Crippen molar-refractivity contribution in [2.24, 2.45) is 0 Å². The zero-order valence-corrected chi connectivity index (χ0v) is 21.4. The summed E-state index contributed by atoms with van der Waals surface area (Å²) in [6.07, 6.45) is -2.50. The summed E-state index contributed by atoms with van der Waals surface area (Å²) >= 11 is 1.29. The Hall–Kier alpha value is -4.17. The van der Waals surface area contributed by atoms with E-state index in [4.69, 9.17) is 0 Å². The monoisotopic (exact) mass is 545 g/mol. The van der Waals surface area contributed by atoms with E-state index in [1.54, 1.807) is 36.4 Å². The third kappa shape index (κ3) is 8.18. The molecule has 12 nitrogen and oxygen atoms in total. The van der Waals surface area contributed by atoms with Gasteiger partial charge in [-0.2, -0.15) is 0 Å². The third-order valence-corrected chi connectivity index (χ3v) is 7.16. The fourth-order valence-corrected chi connectivity index (χ4v) is 5.04. The molecule has 0 saturated carbocycles. The van der Waals surface area contributed by atoms with Crippen molar-refractivity contribution < 1.29 is 33.0 Å². The van der Waals surface area contributed by atoms with E-state index in [0.29, 0.717) is 23.7 Å². The maximum atomic E-state index is 11.8. The molecular formula is C23H23N5O7S2-2. The predicted octanol–water partition coefficient (Wildman–Crippen LogP) is 0.519. The number of hydrogen-bond donors (Lipinski definition) is 4. The number of nitrogens with one attached hydrogen (secondary N) is 4. The molecule has 4 N–H and O–H groups in total. The Balaban J connectivity index is 1.76. The van der Waals surface area contributed by atoms with E-state index >= 15 is 0 Å². The van der Waals surface area contributed by atoms with E-state index in [-0.39, 0.29) is 10.8 Å². The Morgan fingerprint density at radius 1 is 0.946 bits per heavy atom. The highest BCUT2D eigenvalue weighted by Gasteiger charge is 2.16. The van der Waals surface area contributed by atoms with Gasteiger partial charge in [-0.1, -0.05) is 35.6 Å². The van der Waals surface area contributed by atoms with Crippen molar-refractivity contribution in [1.29, 1.82) is 0 Å². The normalized spacial score (nSPS) is 11.1. The molecule has 0 aliphatic heterocycles. The molecule has 14 heteroatoms. The van der Waals surface area contributed by atoms with Gasteiger partial charge in [0, 0.05) is 18.9 Å². The highest BCUT2D eigenvalue weighted by atomic mass is 32.2. The molecule has 0 unspecified atom stereocenters. The Morgan fingerprint density at radius 2 is 1.54 bits per heavy atom. The topological polar surface area (TPSA) is 192 Å².